The summed E-state index contributed by atoms with van der Waals surface area (Å²) in [4.78, 5) is 14.4. The van der Waals surface area contributed by atoms with Crippen molar-refractivity contribution < 1.29 is 19.4 Å². The lowest BCUT2D eigenvalue weighted by atomic mass is 10.1. The molecule has 1 heterocycles. The predicted octanol–water partition coefficient (Wildman–Crippen LogP) is 3.15. The number of aliphatic hydroxyl groups is 1. The van der Waals surface area contributed by atoms with Crippen LogP contribution in [0.4, 0.5) is 5.69 Å². The number of hydrogen-bond donors (Lipinski definition) is 2. The molecular formula is C24H32N2O4. The lowest BCUT2D eigenvalue weighted by Gasteiger charge is -2.29. The van der Waals surface area contributed by atoms with Crippen LogP contribution in [-0.2, 0) is 9.53 Å². The molecule has 1 aliphatic rings. The second-order valence-corrected chi connectivity index (χ2v) is 7.68. The van der Waals surface area contributed by atoms with Crippen LogP contribution in [0.1, 0.15) is 35.6 Å². The van der Waals surface area contributed by atoms with Crippen LogP contribution >= 0.6 is 0 Å². The van der Waals surface area contributed by atoms with Crippen LogP contribution in [0.5, 0.6) is 5.75 Å². The molecule has 1 amide bonds. The maximum atomic E-state index is 12.1. The van der Waals surface area contributed by atoms with Crippen molar-refractivity contribution in [2.24, 2.45) is 0 Å². The normalized spacial score (nSPS) is 15.0. The number of ether oxygens (including phenoxy) is 2. The van der Waals surface area contributed by atoms with Gasteiger partial charge in [0.1, 0.15) is 5.75 Å². The predicted molar refractivity (Wildman–Crippen MR) is 118 cm³/mol. The molecule has 0 aromatic heterocycles. The summed E-state index contributed by atoms with van der Waals surface area (Å²) in [6, 6.07) is 13.9. The third kappa shape index (κ3) is 6.21. The van der Waals surface area contributed by atoms with E-state index in [2.05, 4.69) is 10.2 Å². The molecule has 1 unspecified atom stereocenters. The van der Waals surface area contributed by atoms with E-state index in [-0.39, 0.29) is 12.5 Å². The molecule has 30 heavy (non-hydrogen) atoms. The number of nitrogens with zero attached hydrogens (tertiary/aromatic N) is 1. The fourth-order valence-corrected chi connectivity index (χ4v) is 3.58. The molecule has 0 radical (unpaired) electrons. The molecule has 0 spiro atoms. The zero-order chi connectivity index (χ0) is 21.3. The third-order valence-corrected chi connectivity index (χ3v) is 5.35. The molecule has 162 valence electrons. The molecule has 2 aromatic carbocycles. The number of hydrogen-bond acceptors (Lipinski definition) is 5. The van der Waals surface area contributed by atoms with Crippen molar-refractivity contribution in [1.82, 2.24) is 5.32 Å². The highest BCUT2D eigenvalue weighted by molar-refractivity contribution is 5.75. The molecule has 6 heteroatoms. The summed E-state index contributed by atoms with van der Waals surface area (Å²) in [5, 5.41) is 13.2. The number of aliphatic hydroxyl groups excluding tert-OH is 1. The molecule has 2 N–H and O–H groups in total. The SMILES string of the molecule is Cc1cccc(C)c1OCCCC(=O)NCC(O)c1ccc(N2CCOCC2)cc1. The van der Waals surface area contributed by atoms with Crippen molar-refractivity contribution in [3.05, 3.63) is 59.2 Å². The van der Waals surface area contributed by atoms with Gasteiger partial charge in [-0.05, 0) is 49.1 Å². The molecular weight excluding hydrogens is 380 g/mol. The highest BCUT2D eigenvalue weighted by atomic mass is 16.5. The van der Waals surface area contributed by atoms with Gasteiger partial charge in [-0.2, -0.15) is 0 Å². The first-order valence-electron chi connectivity index (χ1n) is 10.6. The summed E-state index contributed by atoms with van der Waals surface area (Å²) in [6.07, 6.45) is 0.274. The van der Waals surface area contributed by atoms with Crippen molar-refractivity contribution in [2.75, 3.05) is 44.4 Å². The van der Waals surface area contributed by atoms with Crippen LogP contribution in [0.25, 0.3) is 0 Å². The van der Waals surface area contributed by atoms with Gasteiger partial charge in [-0.15, -0.1) is 0 Å². The number of aryl methyl sites for hydroxylation is 2. The third-order valence-electron chi connectivity index (χ3n) is 5.35. The van der Waals surface area contributed by atoms with Crippen LogP contribution in [0, 0.1) is 13.8 Å². The van der Waals surface area contributed by atoms with Crippen molar-refractivity contribution in [1.29, 1.82) is 0 Å². The number of para-hydroxylation sites is 1. The first kappa shape index (κ1) is 22.1. The topological polar surface area (TPSA) is 71.0 Å². The van der Waals surface area contributed by atoms with Crippen molar-refractivity contribution >= 4 is 11.6 Å². The lowest BCUT2D eigenvalue weighted by Crippen LogP contribution is -2.36. The van der Waals surface area contributed by atoms with Crippen LogP contribution in [0.2, 0.25) is 0 Å². The summed E-state index contributed by atoms with van der Waals surface area (Å²) in [7, 11) is 0. The number of morpholine rings is 1. The molecule has 0 saturated carbocycles. The Morgan fingerprint density at radius 2 is 1.80 bits per heavy atom. The minimum atomic E-state index is -0.724. The second kappa shape index (κ2) is 11.0. The Morgan fingerprint density at radius 1 is 1.13 bits per heavy atom. The van der Waals surface area contributed by atoms with Crippen LogP contribution in [0.15, 0.2) is 42.5 Å². The van der Waals surface area contributed by atoms with E-state index in [0.29, 0.717) is 19.4 Å². The molecule has 0 bridgehead atoms. The lowest BCUT2D eigenvalue weighted by molar-refractivity contribution is -0.121. The van der Waals surface area contributed by atoms with Crippen molar-refractivity contribution in [2.45, 2.75) is 32.8 Å². The first-order chi connectivity index (χ1) is 14.5. The average Bonchev–Trinajstić information content (AvgIpc) is 2.77. The molecule has 1 saturated heterocycles. The van der Waals surface area contributed by atoms with Crippen LogP contribution in [-0.4, -0.2) is 50.5 Å². The minimum Gasteiger partial charge on any atom is -0.493 e. The van der Waals surface area contributed by atoms with Gasteiger partial charge >= 0.3 is 0 Å². The van der Waals surface area contributed by atoms with Gasteiger partial charge in [0.25, 0.3) is 0 Å². The summed E-state index contributed by atoms with van der Waals surface area (Å²) >= 11 is 0. The number of carbonyl (C=O) groups excluding carboxylic acids is 1. The van der Waals surface area contributed by atoms with Gasteiger partial charge in [-0.1, -0.05) is 30.3 Å². The zero-order valence-electron chi connectivity index (χ0n) is 17.9. The van der Waals surface area contributed by atoms with Crippen LogP contribution in [0.3, 0.4) is 0 Å². The van der Waals surface area contributed by atoms with Gasteiger partial charge in [-0.25, -0.2) is 0 Å². The van der Waals surface area contributed by atoms with Crippen molar-refractivity contribution in [3.8, 4) is 5.75 Å². The summed E-state index contributed by atoms with van der Waals surface area (Å²) < 4.78 is 11.2. The Bertz CT molecular complexity index is 796. The highest BCUT2D eigenvalue weighted by Gasteiger charge is 2.13. The number of benzene rings is 2. The van der Waals surface area contributed by atoms with E-state index in [9.17, 15) is 9.90 Å². The number of rotatable bonds is 9. The summed E-state index contributed by atoms with van der Waals surface area (Å²) in [5.74, 6) is 0.818. The Labute approximate surface area is 178 Å². The molecule has 2 aromatic rings. The summed E-state index contributed by atoms with van der Waals surface area (Å²) in [5.41, 5.74) is 4.12. The van der Waals surface area contributed by atoms with E-state index in [1.165, 1.54) is 0 Å². The van der Waals surface area contributed by atoms with Gasteiger partial charge in [0.15, 0.2) is 0 Å². The quantitative estimate of drug-likeness (QED) is 0.619. The Hall–Kier alpha value is -2.57. The van der Waals surface area contributed by atoms with Gasteiger partial charge in [-0.3, -0.25) is 4.79 Å². The van der Waals surface area contributed by atoms with Crippen molar-refractivity contribution in [3.63, 3.8) is 0 Å². The second-order valence-electron chi connectivity index (χ2n) is 7.68. The molecule has 1 aliphatic heterocycles. The van der Waals surface area contributed by atoms with Gasteiger partial charge < -0.3 is 24.8 Å². The largest absolute Gasteiger partial charge is 0.493 e. The maximum Gasteiger partial charge on any atom is 0.220 e. The molecule has 0 aliphatic carbocycles. The molecule has 6 nitrogen and oxygen atoms in total. The van der Waals surface area contributed by atoms with Crippen LogP contribution < -0.4 is 15.0 Å². The number of anilines is 1. The van der Waals surface area contributed by atoms with E-state index in [4.69, 9.17) is 9.47 Å². The Morgan fingerprint density at radius 3 is 2.47 bits per heavy atom. The van der Waals surface area contributed by atoms with E-state index >= 15 is 0 Å². The van der Waals surface area contributed by atoms with Gasteiger partial charge in [0, 0.05) is 31.7 Å². The zero-order valence-corrected chi connectivity index (χ0v) is 17.9. The summed E-state index contributed by atoms with van der Waals surface area (Å²) in [6.45, 7) is 7.97. The number of carbonyl (C=O) groups is 1. The number of nitrogens with one attached hydrogen (secondary N) is 1. The van der Waals surface area contributed by atoms with Gasteiger partial charge in [0.2, 0.25) is 5.91 Å². The number of amides is 1. The average molecular weight is 413 g/mol. The van der Waals surface area contributed by atoms with E-state index in [0.717, 1.165) is 54.4 Å². The Balaban J connectivity index is 1.36. The first-order valence-corrected chi connectivity index (χ1v) is 10.6. The Kier molecular flexibility index (Phi) is 8.11. The smallest absolute Gasteiger partial charge is 0.220 e. The fraction of sp³-hybridized carbons (Fsp3) is 0.458. The van der Waals surface area contributed by atoms with Gasteiger partial charge in [0.05, 0.1) is 25.9 Å². The molecule has 1 fully saturated rings. The van der Waals surface area contributed by atoms with E-state index < -0.39 is 6.10 Å². The van der Waals surface area contributed by atoms with E-state index in [1.807, 2.05) is 56.3 Å². The molecule has 1 atom stereocenters. The fourth-order valence-electron chi connectivity index (χ4n) is 3.58. The minimum absolute atomic E-state index is 0.0795. The standard InChI is InChI=1S/C24H32N2O4/c1-18-5-3-6-19(2)24(18)30-14-4-7-23(28)25-17-22(27)20-8-10-21(11-9-20)26-12-15-29-16-13-26/h3,5-6,8-11,22,27H,4,7,12-17H2,1-2H3,(H,25,28). The van der Waals surface area contributed by atoms with E-state index in [1.54, 1.807) is 0 Å². The maximum absolute atomic E-state index is 12.1. The molecule has 3 rings (SSSR count). The monoisotopic (exact) mass is 412 g/mol. The highest BCUT2D eigenvalue weighted by Crippen LogP contribution is 2.22.